The maximum absolute atomic E-state index is 13.1. The van der Waals surface area contributed by atoms with Crippen LogP contribution in [0.5, 0.6) is 0 Å². The van der Waals surface area contributed by atoms with Gasteiger partial charge in [0.25, 0.3) is 0 Å². The van der Waals surface area contributed by atoms with Crippen LogP contribution in [0.2, 0.25) is 0 Å². The smallest absolute Gasteiger partial charge is 0.225 e. The third kappa shape index (κ3) is 3.40. The average Bonchev–Trinajstić information content (AvgIpc) is 2.95. The molecule has 0 aliphatic carbocycles. The molecule has 4 rings (SSSR count). The van der Waals surface area contributed by atoms with E-state index in [1.54, 1.807) is 0 Å². The van der Waals surface area contributed by atoms with Crippen molar-refractivity contribution in [2.75, 3.05) is 31.1 Å². The molecule has 0 saturated carbocycles. The number of halogens is 1. The molecule has 2 aliphatic rings. The Morgan fingerprint density at radius 1 is 1.08 bits per heavy atom. The van der Waals surface area contributed by atoms with Crippen LogP contribution in [0.25, 0.3) is 0 Å². The third-order valence-corrected chi connectivity index (χ3v) is 4.92. The van der Waals surface area contributed by atoms with Crippen LogP contribution >= 0.6 is 0 Å². The maximum atomic E-state index is 13.1. The number of piperidine rings is 1. The minimum atomic E-state index is -0.400. The van der Waals surface area contributed by atoms with E-state index in [1.807, 2.05) is 12.3 Å². The lowest BCUT2D eigenvalue weighted by atomic mass is 10.1. The second kappa shape index (κ2) is 6.84. The Kier molecular flexibility index (Phi) is 4.42. The standard InChI is InChI=1S/C17H23FN6/c18-15-8-19-17(20-9-15)23-11-14(10-22-6-2-1-3-7-22)12-24-16(13-23)4-5-21-24/h4-5,8-9,14H,1-3,6-7,10-13H2/t14-/m1/s1. The Morgan fingerprint density at radius 2 is 1.88 bits per heavy atom. The quantitative estimate of drug-likeness (QED) is 0.861. The fraction of sp³-hybridized carbons (Fsp3) is 0.588. The van der Waals surface area contributed by atoms with E-state index in [2.05, 4.69) is 29.5 Å². The van der Waals surface area contributed by atoms with Crippen molar-refractivity contribution in [3.8, 4) is 0 Å². The zero-order chi connectivity index (χ0) is 16.4. The van der Waals surface area contributed by atoms with Crippen molar-refractivity contribution in [2.24, 2.45) is 5.92 Å². The molecule has 2 aromatic rings. The van der Waals surface area contributed by atoms with Gasteiger partial charge in [-0.1, -0.05) is 6.42 Å². The molecule has 1 saturated heterocycles. The molecule has 0 unspecified atom stereocenters. The number of fused-ring (bicyclic) bond motifs is 1. The highest BCUT2D eigenvalue weighted by Crippen LogP contribution is 2.21. The first-order chi connectivity index (χ1) is 11.8. The van der Waals surface area contributed by atoms with Gasteiger partial charge in [-0.25, -0.2) is 14.4 Å². The normalized spacial score (nSPS) is 22.2. The van der Waals surface area contributed by atoms with Gasteiger partial charge in [0.15, 0.2) is 5.82 Å². The first-order valence-corrected chi connectivity index (χ1v) is 8.73. The Bertz CT molecular complexity index is 664. The number of rotatable bonds is 3. The van der Waals surface area contributed by atoms with Crippen LogP contribution in [-0.4, -0.2) is 50.8 Å². The number of aromatic nitrogens is 4. The summed E-state index contributed by atoms with van der Waals surface area (Å²) in [7, 11) is 0. The van der Waals surface area contributed by atoms with Crippen molar-refractivity contribution in [1.29, 1.82) is 0 Å². The first-order valence-electron chi connectivity index (χ1n) is 8.73. The Labute approximate surface area is 141 Å². The highest BCUT2D eigenvalue weighted by Gasteiger charge is 2.26. The van der Waals surface area contributed by atoms with E-state index in [4.69, 9.17) is 0 Å². The van der Waals surface area contributed by atoms with Crippen LogP contribution in [-0.2, 0) is 13.1 Å². The zero-order valence-corrected chi connectivity index (χ0v) is 13.8. The molecule has 1 atom stereocenters. The van der Waals surface area contributed by atoms with Gasteiger partial charge in [0.05, 0.1) is 24.6 Å². The molecule has 0 aromatic carbocycles. The predicted octanol–water partition coefficient (Wildman–Crippen LogP) is 1.93. The maximum Gasteiger partial charge on any atom is 0.225 e. The topological polar surface area (TPSA) is 50.1 Å². The SMILES string of the molecule is Fc1cnc(N2Cc3ccnn3C[C@H](CN3CCCCC3)C2)nc1. The molecule has 4 heterocycles. The van der Waals surface area contributed by atoms with E-state index >= 15 is 0 Å². The minimum Gasteiger partial charge on any atom is -0.335 e. The second-order valence-corrected chi connectivity index (χ2v) is 6.81. The van der Waals surface area contributed by atoms with E-state index in [1.165, 1.54) is 44.7 Å². The fourth-order valence-electron chi connectivity index (χ4n) is 3.78. The summed E-state index contributed by atoms with van der Waals surface area (Å²) in [4.78, 5) is 13.1. The number of hydrogen-bond acceptors (Lipinski definition) is 5. The van der Waals surface area contributed by atoms with Gasteiger partial charge in [-0.2, -0.15) is 5.10 Å². The molecule has 0 bridgehead atoms. The molecule has 0 spiro atoms. The molecule has 0 N–H and O–H groups in total. The van der Waals surface area contributed by atoms with E-state index in [9.17, 15) is 4.39 Å². The van der Waals surface area contributed by atoms with E-state index in [0.29, 0.717) is 18.4 Å². The van der Waals surface area contributed by atoms with Gasteiger partial charge in [-0.15, -0.1) is 0 Å². The summed E-state index contributed by atoms with van der Waals surface area (Å²) in [5, 5.41) is 4.47. The lowest BCUT2D eigenvalue weighted by Crippen LogP contribution is -2.39. The summed E-state index contributed by atoms with van der Waals surface area (Å²) < 4.78 is 15.2. The highest BCUT2D eigenvalue weighted by molar-refractivity contribution is 5.31. The van der Waals surface area contributed by atoms with Gasteiger partial charge in [0.1, 0.15) is 0 Å². The molecular weight excluding hydrogens is 307 g/mol. The largest absolute Gasteiger partial charge is 0.335 e. The fourth-order valence-corrected chi connectivity index (χ4v) is 3.78. The second-order valence-electron chi connectivity index (χ2n) is 6.81. The van der Waals surface area contributed by atoms with Crippen molar-refractivity contribution in [2.45, 2.75) is 32.4 Å². The number of likely N-dealkylation sites (tertiary alicyclic amines) is 1. The van der Waals surface area contributed by atoms with Gasteiger partial charge in [0.2, 0.25) is 5.95 Å². The van der Waals surface area contributed by atoms with E-state index in [0.717, 1.165) is 25.3 Å². The van der Waals surface area contributed by atoms with Crippen molar-refractivity contribution >= 4 is 5.95 Å². The van der Waals surface area contributed by atoms with E-state index in [-0.39, 0.29) is 0 Å². The van der Waals surface area contributed by atoms with Crippen LogP contribution in [0.3, 0.4) is 0 Å². The van der Waals surface area contributed by atoms with Crippen LogP contribution in [0.1, 0.15) is 25.0 Å². The van der Waals surface area contributed by atoms with Gasteiger partial charge in [-0.05, 0) is 32.0 Å². The molecule has 128 valence electrons. The number of hydrogen-bond donors (Lipinski definition) is 0. The summed E-state index contributed by atoms with van der Waals surface area (Å²) in [6, 6.07) is 2.04. The molecule has 7 heteroatoms. The monoisotopic (exact) mass is 330 g/mol. The highest BCUT2D eigenvalue weighted by atomic mass is 19.1. The van der Waals surface area contributed by atoms with Gasteiger partial charge in [-0.3, -0.25) is 4.68 Å². The summed E-state index contributed by atoms with van der Waals surface area (Å²) >= 11 is 0. The zero-order valence-electron chi connectivity index (χ0n) is 13.8. The number of anilines is 1. The third-order valence-electron chi connectivity index (χ3n) is 4.92. The van der Waals surface area contributed by atoms with Crippen molar-refractivity contribution < 1.29 is 4.39 Å². The van der Waals surface area contributed by atoms with Crippen LogP contribution in [0, 0.1) is 11.7 Å². The van der Waals surface area contributed by atoms with E-state index < -0.39 is 5.82 Å². The lowest BCUT2D eigenvalue weighted by molar-refractivity contribution is 0.187. The average molecular weight is 330 g/mol. The summed E-state index contributed by atoms with van der Waals surface area (Å²) in [5.41, 5.74) is 1.16. The lowest BCUT2D eigenvalue weighted by Gasteiger charge is -2.31. The molecule has 0 radical (unpaired) electrons. The molecule has 1 fully saturated rings. The molecule has 24 heavy (non-hydrogen) atoms. The molecule has 0 amide bonds. The van der Waals surface area contributed by atoms with Gasteiger partial charge in [0, 0.05) is 31.7 Å². The van der Waals surface area contributed by atoms with Gasteiger partial charge < -0.3 is 9.80 Å². The summed E-state index contributed by atoms with van der Waals surface area (Å²) in [6.07, 6.45) is 8.27. The molecule has 6 nitrogen and oxygen atoms in total. The summed E-state index contributed by atoms with van der Waals surface area (Å²) in [5.74, 6) is 0.649. The first kappa shape index (κ1) is 15.5. The predicted molar refractivity (Wildman–Crippen MR) is 89.0 cm³/mol. The van der Waals surface area contributed by atoms with Crippen molar-refractivity contribution in [3.63, 3.8) is 0 Å². The van der Waals surface area contributed by atoms with Crippen LogP contribution in [0.15, 0.2) is 24.7 Å². The number of nitrogens with zero attached hydrogens (tertiary/aromatic N) is 6. The molecular formula is C17H23FN6. The van der Waals surface area contributed by atoms with Crippen molar-refractivity contribution in [3.05, 3.63) is 36.2 Å². The van der Waals surface area contributed by atoms with Crippen LogP contribution in [0.4, 0.5) is 10.3 Å². The van der Waals surface area contributed by atoms with Crippen molar-refractivity contribution in [1.82, 2.24) is 24.6 Å². The Balaban J connectivity index is 1.54. The minimum absolute atomic E-state index is 0.400. The molecule has 2 aliphatic heterocycles. The Hall–Kier alpha value is -2.02. The van der Waals surface area contributed by atoms with Gasteiger partial charge >= 0.3 is 0 Å². The van der Waals surface area contributed by atoms with Crippen LogP contribution < -0.4 is 4.90 Å². The molecule has 2 aromatic heterocycles. The summed E-state index contributed by atoms with van der Waals surface area (Å²) in [6.45, 7) is 5.94. The Morgan fingerprint density at radius 3 is 2.67 bits per heavy atom.